The summed E-state index contributed by atoms with van der Waals surface area (Å²) < 4.78 is 0. The van der Waals surface area contributed by atoms with Gasteiger partial charge in [-0.25, -0.2) is 0 Å². The average molecular weight is 287 g/mol. The molecule has 0 saturated heterocycles. The van der Waals surface area contributed by atoms with Gasteiger partial charge in [0.2, 0.25) is 0 Å². The molecular formula is C19H29NO. The van der Waals surface area contributed by atoms with Crippen molar-refractivity contribution in [3.63, 3.8) is 0 Å². The van der Waals surface area contributed by atoms with Crippen molar-refractivity contribution >= 4 is 5.78 Å². The molecule has 0 aliphatic heterocycles. The van der Waals surface area contributed by atoms with Crippen LogP contribution in [0.25, 0.3) is 0 Å². The predicted molar refractivity (Wildman–Crippen MR) is 87.9 cm³/mol. The van der Waals surface area contributed by atoms with Gasteiger partial charge in [0.15, 0.2) is 0 Å². The first-order valence-corrected chi connectivity index (χ1v) is 8.38. The van der Waals surface area contributed by atoms with Crippen LogP contribution >= 0.6 is 0 Å². The number of ketones is 1. The van der Waals surface area contributed by atoms with Crippen LogP contribution in [0.1, 0.15) is 57.1 Å². The SMILES string of the molecule is CC(=O)C(CCC(C)C1CCC1)Cc1cccc(CN)c1. The van der Waals surface area contributed by atoms with Gasteiger partial charge in [0.1, 0.15) is 5.78 Å². The largest absolute Gasteiger partial charge is 0.326 e. The van der Waals surface area contributed by atoms with Crippen LogP contribution in [0.4, 0.5) is 0 Å². The summed E-state index contributed by atoms with van der Waals surface area (Å²) in [4.78, 5) is 11.9. The minimum atomic E-state index is 0.167. The number of hydrogen-bond donors (Lipinski definition) is 1. The van der Waals surface area contributed by atoms with Crippen LogP contribution in [0.3, 0.4) is 0 Å². The number of carbonyl (C=O) groups is 1. The van der Waals surface area contributed by atoms with E-state index in [1.54, 1.807) is 6.92 Å². The maximum atomic E-state index is 11.9. The molecule has 1 aliphatic rings. The summed E-state index contributed by atoms with van der Waals surface area (Å²) in [7, 11) is 0. The molecular weight excluding hydrogens is 258 g/mol. The van der Waals surface area contributed by atoms with Crippen LogP contribution < -0.4 is 5.73 Å². The Bertz CT molecular complexity index is 464. The fraction of sp³-hybridized carbons (Fsp3) is 0.632. The molecule has 1 aromatic carbocycles. The maximum absolute atomic E-state index is 11.9. The van der Waals surface area contributed by atoms with Gasteiger partial charge in [-0.3, -0.25) is 4.79 Å². The number of nitrogens with two attached hydrogens (primary N) is 1. The number of Topliss-reactive ketones (excluding diaryl/α,β-unsaturated/α-hetero) is 1. The number of benzene rings is 1. The zero-order valence-corrected chi connectivity index (χ0v) is 13.5. The van der Waals surface area contributed by atoms with E-state index < -0.39 is 0 Å². The van der Waals surface area contributed by atoms with Crippen LogP contribution in [-0.4, -0.2) is 5.78 Å². The van der Waals surface area contributed by atoms with Crippen molar-refractivity contribution in [2.75, 3.05) is 0 Å². The van der Waals surface area contributed by atoms with Gasteiger partial charge in [0.25, 0.3) is 0 Å². The lowest BCUT2D eigenvalue weighted by molar-refractivity contribution is -0.121. The third kappa shape index (κ3) is 4.67. The lowest BCUT2D eigenvalue weighted by Crippen LogP contribution is -2.22. The highest BCUT2D eigenvalue weighted by atomic mass is 16.1. The van der Waals surface area contributed by atoms with E-state index in [-0.39, 0.29) is 5.92 Å². The highest BCUT2D eigenvalue weighted by Gasteiger charge is 2.25. The molecule has 0 bridgehead atoms. The van der Waals surface area contributed by atoms with E-state index in [9.17, 15) is 4.79 Å². The number of hydrogen-bond acceptors (Lipinski definition) is 2. The average Bonchev–Trinajstić information content (AvgIpc) is 2.41. The number of carbonyl (C=O) groups excluding carboxylic acids is 1. The molecule has 2 unspecified atom stereocenters. The Hall–Kier alpha value is -1.15. The highest BCUT2D eigenvalue weighted by molar-refractivity contribution is 5.78. The standard InChI is InChI=1S/C19H29NO/c1-14(18-7-4-8-18)9-10-19(15(2)21)12-16-5-3-6-17(11-16)13-20/h3,5-6,11,14,18-19H,4,7-10,12-13,20H2,1-2H3. The van der Waals surface area contributed by atoms with Gasteiger partial charge in [0, 0.05) is 12.5 Å². The first kappa shape index (κ1) is 16.2. The van der Waals surface area contributed by atoms with Crippen molar-refractivity contribution in [1.29, 1.82) is 0 Å². The summed E-state index contributed by atoms with van der Waals surface area (Å²) >= 11 is 0. The second kappa shape index (κ2) is 7.74. The van der Waals surface area contributed by atoms with E-state index in [1.807, 2.05) is 12.1 Å². The first-order valence-electron chi connectivity index (χ1n) is 8.38. The third-order valence-electron chi connectivity index (χ3n) is 5.21. The molecule has 2 nitrogen and oxygen atoms in total. The van der Waals surface area contributed by atoms with Crippen LogP contribution in [-0.2, 0) is 17.8 Å². The predicted octanol–water partition coefficient (Wildman–Crippen LogP) is 4.11. The normalized spacial score (nSPS) is 18.0. The summed E-state index contributed by atoms with van der Waals surface area (Å²) in [5, 5.41) is 0. The van der Waals surface area contributed by atoms with Crippen LogP contribution in [0, 0.1) is 17.8 Å². The fourth-order valence-electron chi connectivity index (χ4n) is 3.33. The zero-order valence-electron chi connectivity index (χ0n) is 13.5. The van der Waals surface area contributed by atoms with Crippen molar-refractivity contribution in [1.82, 2.24) is 0 Å². The van der Waals surface area contributed by atoms with E-state index in [1.165, 1.54) is 31.2 Å². The van der Waals surface area contributed by atoms with Crippen LogP contribution in [0.5, 0.6) is 0 Å². The molecule has 2 heteroatoms. The van der Waals surface area contributed by atoms with Crippen LogP contribution in [0.2, 0.25) is 0 Å². The summed E-state index contributed by atoms with van der Waals surface area (Å²) in [6, 6.07) is 8.35. The zero-order chi connectivity index (χ0) is 15.2. The maximum Gasteiger partial charge on any atom is 0.133 e. The van der Waals surface area contributed by atoms with Gasteiger partial charge in [-0.2, -0.15) is 0 Å². The quantitative estimate of drug-likeness (QED) is 0.782. The van der Waals surface area contributed by atoms with E-state index >= 15 is 0 Å². The second-order valence-corrected chi connectivity index (χ2v) is 6.78. The van der Waals surface area contributed by atoms with Crippen LogP contribution in [0.15, 0.2) is 24.3 Å². The molecule has 116 valence electrons. The van der Waals surface area contributed by atoms with Crippen molar-refractivity contribution in [2.45, 2.75) is 58.9 Å². The molecule has 0 radical (unpaired) electrons. The highest BCUT2D eigenvalue weighted by Crippen LogP contribution is 2.36. The Labute approximate surface area is 129 Å². The van der Waals surface area contributed by atoms with Gasteiger partial charge >= 0.3 is 0 Å². The molecule has 1 aliphatic carbocycles. The van der Waals surface area contributed by atoms with Gasteiger partial charge in [-0.1, -0.05) is 50.5 Å². The summed E-state index contributed by atoms with van der Waals surface area (Å²) in [6.07, 6.45) is 7.26. The van der Waals surface area contributed by atoms with Gasteiger partial charge < -0.3 is 5.73 Å². The van der Waals surface area contributed by atoms with Crippen molar-refractivity contribution in [3.05, 3.63) is 35.4 Å². The van der Waals surface area contributed by atoms with Crippen molar-refractivity contribution < 1.29 is 4.79 Å². The molecule has 1 fully saturated rings. The van der Waals surface area contributed by atoms with Crippen molar-refractivity contribution in [2.24, 2.45) is 23.5 Å². The monoisotopic (exact) mass is 287 g/mol. The third-order valence-corrected chi connectivity index (χ3v) is 5.21. The van der Waals surface area contributed by atoms with Gasteiger partial charge in [-0.05, 0) is 49.1 Å². The van der Waals surface area contributed by atoms with Gasteiger partial charge in [0.05, 0.1) is 0 Å². The Balaban J connectivity index is 1.90. The first-order chi connectivity index (χ1) is 10.1. The Morgan fingerprint density at radius 1 is 1.29 bits per heavy atom. The lowest BCUT2D eigenvalue weighted by Gasteiger charge is -2.32. The molecule has 1 aromatic rings. The topological polar surface area (TPSA) is 43.1 Å². The Kier molecular flexibility index (Phi) is 5.98. The smallest absolute Gasteiger partial charge is 0.133 e. The molecule has 0 aromatic heterocycles. The van der Waals surface area contributed by atoms with E-state index in [0.29, 0.717) is 12.3 Å². The number of rotatable bonds is 8. The van der Waals surface area contributed by atoms with E-state index in [2.05, 4.69) is 19.1 Å². The van der Waals surface area contributed by atoms with E-state index in [4.69, 9.17) is 5.73 Å². The Morgan fingerprint density at radius 3 is 2.57 bits per heavy atom. The Morgan fingerprint density at radius 2 is 2.00 bits per heavy atom. The molecule has 0 amide bonds. The molecule has 1 saturated carbocycles. The minimum absolute atomic E-state index is 0.167. The second-order valence-electron chi connectivity index (χ2n) is 6.78. The summed E-state index contributed by atoms with van der Waals surface area (Å²) in [6.45, 7) is 4.67. The fourth-order valence-corrected chi connectivity index (χ4v) is 3.33. The molecule has 21 heavy (non-hydrogen) atoms. The molecule has 2 atom stereocenters. The summed E-state index contributed by atoms with van der Waals surface area (Å²) in [5.74, 6) is 2.18. The summed E-state index contributed by atoms with van der Waals surface area (Å²) in [5.41, 5.74) is 8.09. The molecule has 0 spiro atoms. The van der Waals surface area contributed by atoms with E-state index in [0.717, 1.165) is 30.2 Å². The van der Waals surface area contributed by atoms with Crippen molar-refractivity contribution in [3.8, 4) is 0 Å². The molecule has 0 heterocycles. The lowest BCUT2D eigenvalue weighted by atomic mass is 9.74. The molecule has 2 rings (SSSR count). The molecule has 2 N–H and O–H groups in total. The van der Waals surface area contributed by atoms with Gasteiger partial charge in [-0.15, -0.1) is 0 Å². The minimum Gasteiger partial charge on any atom is -0.326 e.